The minimum absolute atomic E-state index is 0.223. The standard InChI is InChI=1S/C19H21FN4S/c1-2-3-4-14-7-11-17(12-8-14)21-18-22-19(24-23-18)25-13-15-5-9-16(20)10-6-15/h5-12H,2-4,13H2,1H3,(H2,21,22,23,24). The van der Waals surface area contributed by atoms with Crippen molar-refractivity contribution in [2.75, 3.05) is 5.32 Å². The van der Waals surface area contributed by atoms with Gasteiger partial charge in [0.05, 0.1) is 0 Å². The summed E-state index contributed by atoms with van der Waals surface area (Å²) >= 11 is 1.51. The van der Waals surface area contributed by atoms with Gasteiger partial charge in [0.2, 0.25) is 11.1 Å². The molecule has 25 heavy (non-hydrogen) atoms. The maximum Gasteiger partial charge on any atom is 0.223 e. The number of H-pyrrole nitrogens is 1. The molecule has 0 atom stereocenters. The number of aromatic nitrogens is 3. The van der Waals surface area contributed by atoms with Crippen LogP contribution in [0.2, 0.25) is 0 Å². The summed E-state index contributed by atoms with van der Waals surface area (Å²) in [5.74, 6) is 1.09. The second-order valence-electron chi connectivity index (χ2n) is 5.81. The summed E-state index contributed by atoms with van der Waals surface area (Å²) in [6, 6.07) is 14.9. The molecular weight excluding hydrogens is 335 g/mol. The van der Waals surface area contributed by atoms with Gasteiger partial charge in [0.25, 0.3) is 0 Å². The SMILES string of the molecule is CCCCc1ccc(Nc2nc(SCc3ccc(F)cc3)n[nH]2)cc1. The van der Waals surface area contributed by atoms with Crippen LogP contribution in [0.3, 0.4) is 0 Å². The fourth-order valence-corrected chi connectivity index (χ4v) is 3.12. The molecule has 4 nitrogen and oxygen atoms in total. The summed E-state index contributed by atoms with van der Waals surface area (Å²) in [5.41, 5.74) is 3.36. The molecule has 0 aliphatic carbocycles. The Labute approximate surface area is 151 Å². The van der Waals surface area contributed by atoms with Gasteiger partial charge >= 0.3 is 0 Å². The van der Waals surface area contributed by atoms with Crippen molar-refractivity contribution in [1.29, 1.82) is 0 Å². The Morgan fingerprint density at radius 1 is 1.04 bits per heavy atom. The van der Waals surface area contributed by atoms with E-state index in [1.54, 1.807) is 12.1 Å². The van der Waals surface area contributed by atoms with Gasteiger partial charge in [-0.15, -0.1) is 5.10 Å². The van der Waals surface area contributed by atoms with Crippen molar-refractivity contribution < 1.29 is 4.39 Å². The van der Waals surface area contributed by atoms with Crippen LogP contribution in [0, 0.1) is 5.82 Å². The van der Waals surface area contributed by atoms with E-state index >= 15 is 0 Å². The smallest absolute Gasteiger partial charge is 0.223 e. The molecule has 0 aliphatic heterocycles. The number of aromatic amines is 1. The number of anilines is 2. The van der Waals surface area contributed by atoms with Crippen molar-refractivity contribution in [2.24, 2.45) is 0 Å². The van der Waals surface area contributed by atoms with Crippen LogP contribution < -0.4 is 5.32 Å². The Bertz CT molecular complexity index is 784. The zero-order chi connectivity index (χ0) is 17.5. The van der Waals surface area contributed by atoms with E-state index in [1.165, 1.54) is 42.3 Å². The van der Waals surface area contributed by atoms with E-state index in [4.69, 9.17) is 0 Å². The van der Waals surface area contributed by atoms with Gasteiger partial charge < -0.3 is 5.32 Å². The molecule has 0 spiro atoms. The molecule has 0 radical (unpaired) electrons. The third-order valence-corrected chi connectivity index (χ3v) is 4.70. The molecule has 2 N–H and O–H groups in total. The molecule has 0 aliphatic rings. The van der Waals surface area contributed by atoms with Crippen LogP contribution in [-0.4, -0.2) is 15.2 Å². The lowest BCUT2D eigenvalue weighted by Gasteiger charge is -2.04. The van der Waals surface area contributed by atoms with Crippen LogP contribution in [0.25, 0.3) is 0 Å². The highest BCUT2D eigenvalue weighted by atomic mass is 32.2. The van der Waals surface area contributed by atoms with Crippen LogP contribution in [-0.2, 0) is 12.2 Å². The van der Waals surface area contributed by atoms with E-state index in [9.17, 15) is 4.39 Å². The third kappa shape index (κ3) is 5.32. The molecule has 130 valence electrons. The monoisotopic (exact) mass is 356 g/mol. The molecule has 3 aromatic rings. The zero-order valence-electron chi connectivity index (χ0n) is 14.1. The average Bonchev–Trinajstić information content (AvgIpc) is 3.08. The van der Waals surface area contributed by atoms with Crippen LogP contribution in [0.4, 0.5) is 16.0 Å². The molecule has 0 saturated carbocycles. The Hall–Kier alpha value is -2.34. The van der Waals surface area contributed by atoms with Gasteiger partial charge in [-0.3, -0.25) is 0 Å². The van der Waals surface area contributed by atoms with E-state index in [1.807, 2.05) is 0 Å². The highest BCUT2D eigenvalue weighted by molar-refractivity contribution is 7.98. The molecule has 6 heteroatoms. The van der Waals surface area contributed by atoms with E-state index in [0.717, 1.165) is 17.7 Å². The summed E-state index contributed by atoms with van der Waals surface area (Å²) in [7, 11) is 0. The summed E-state index contributed by atoms with van der Waals surface area (Å²) in [4.78, 5) is 4.42. The summed E-state index contributed by atoms with van der Waals surface area (Å²) < 4.78 is 12.9. The van der Waals surface area contributed by atoms with Crippen molar-refractivity contribution in [1.82, 2.24) is 15.2 Å². The van der Waals surface area contributed by atoms with E-state index in [2.05, 4.69) is 51.7 Å². The number of hydrogen-bond acceptors (Lipinski definition) is 4. The maximum absolute atomic E-state index is 12.9. The molecule has 0 unspecified atom stereocenters. The molecule has 1 aromatic heterocycles. The van der Waals surface area contributed by atoms with Crippen LogP contribution in [0.1, 0.15) is 30.9 Å². The molecule has 3 rings (SSSR count). The predicted octanol–water partition coefficient (Wildman–Crippen LogP) is 5.32. The molecule has 1 heterocycles. The van der Waals surface area contributed by atoms with E-state index in [0.29, 0.717) is 16.9 Å². The van der Waals surface area contributed by atoms with Gasteiger partial charge in [0.1, 0.15) is 5.82 Å². The number of benzene rings is 2. The number of rotatable bonds is 8. The summed E-state index contributed by atoms with van der Waals surface area (Å²) in [6.07, 6.45) is 3.53. The number of nitrogens with one attached hydrogen (secondary N) is 2. The zero-order valence-corrected chi connectivity index (χ0v) is 14.9. The minimum Gasteiger partial charge on any atom is -0.325 e. The predicted molar refractivity (Wildman–Crippen MR) is 101 cm³/mol. The fourth-order valence-electron chi connectivity index (χ4n) is 2.37. The lowest BCUT2D eigenvalue weighted by atomic mass is 10.1. The van der Waals surface area contributed by atoms with Crippen molar-refractivity contribution in [3.05, 3.63) is 65.5 Å². The Kier molecular flexibility index (Phi) is 6.06. The molecule has 0 bridgehead atoms. The second kappa shape index (κ2) is 8.67. The first kappa shape index (κ1) is 17.5. The number of unbranched alkanes of at least 4 members (excludes halogenated alkanes) is 1. The maximum atomic E-state index is 12.9. The number of aryl methyl sites for hydroxylation is 1. The lowest BCUT2D eigenvalue weighted by Crippen LogP contribution is -1.93. The normalized spacial score (nSPS) is 10.8. The Morgan fingerprint density at radius 2 is 1.76 bits per heavy atom. The van der Waals surface area contributed by atoms with E-state index in [-0.39, 0.29) is 5.82 Å². The fraction of sp³-hybridized carbons (Fsp3) is 0.263. The Morgan fingerprint density at radius 3 is 2.48 bits per heavy atom. The first-order chi connectivity index (χ1) is 12.2. The number of thioether (sulfide) groups is 1. The summed E-state index contributed by atoms with van der Waals surface area (Å²) in [6.45, 7) is 2.20. The van der Waals surface area contributed by atoms with Crippen molar-refractivity contribution in [3.63, 3.8) is 0 Å². The van der Waals surface area contributed by atoms with Crippen LogP contribution >= 0.6 is 11.8 Å². The van der Waals surface area contributed by atoms with Crippen LogP contribution in [0.5, 0.6) is 0 Å². The van der Waals surface area contributed by atoms with E-state index < -0.39 is 0 Å². The molecule has 0 saturated heterocycles. The number of nitrogens with zero attached hydrogens (tertiary/aromatic N) is 2. The highest BCUT2D eigenvalue weighted by Crippen LogP contribution is 2.21. The topological polar surface area (TPSA) is 53.6 Å². The highest BCUT2D eigenvalue weighted by Gasteiger charge is 2.05. The third-order valence-electron chi connectivity index (χ3n) is 3.78. The van der Waals surface area contributed by atoms with Gasteiger partial charge in [-0.2, -0.15) is 4.98 Å². The Balaban J connectivity index is 1.53. The second-order valence-corrected chi connectivity index (χ2v) is 6.75. The molecule has 0 fully saturated rings. The van der Waals surface area contributed by atoms with Gasteiger partial charge in [-0.05, 0) is 48.2 Å². The quantitative estimate of drug-likeness (QED) is 0.536. The van der Waals surface area contributed by atoms with Crippen molar-refractivity contribution in [2.45, 2.75) is 37.1 Å². The minimum atomic E-state index is -0.223. The van der Waals surface area contributed by atoms with Gasteiger partial charge in [0.15, 0.2) is 0 Å². The lowest BCUT2D eigenvalue weighted by molar-refractivity contribution is 0.627. The first-order valence-electron chi connectivity index (χ1n) is 8.38. The van der Waals surface area contributed by atoms with Crippen LogP contribution in [0.15, 0.2) is 53.7 Å². The molecule has 0 amide bonds. The van der Waals surface area contributed by atoms with Gasteiger partial charge in [0, 0.05) is 11.4 Å². The largest absolute Gasteiger partial charge is 0.325 e. The van der Waals surface area contributed by atoms with Gasteiger partial charge in [-0.25, -0.2) is 9.49 Å². The van der Waals surface area contributed by atoms with Crippen molar-refractivity contribution >= 4 is 23.4 Å². The molecule has 2 aromatic carbocycles. The van der Waals surface area contributed by atoms with Crippen molar-refractivity contribution in [3.8, 4) is 0 Å². The number of hydrogen-bond donors (Lipinski definition) is 2. The number of halogens is 1. The first-order valence-corrected chi connectivity index (χ1v) is 9.37. The average molecular weight is 356 g/mol. The van der Waals surface area contributed by atoms with Gasteiger partial charge in [-0.1, -0.05) is 49.4 Å². The summed E-state index contributed by atoms with van der Waals surface area (Å²) in [5, 5.41) is 11.0. The molecular formula is C19H21FN4S.